The largest absolute Gasteiger partial charge is 0.330 e. The van der Waals surface area contributed by atoms with Gasteiger partial charge in [-0.1, -0.05) is 13.8 Å². The summed E-state index contributed by atoms with van der Waals surface area (Å²) in [4.78, 5) is 11.4. The highest BCUT2D eigenvalue weighted by Gasteiger charge is 2.07. The van der Waals surface area contributed by atoms with E-state index in [9.17, 15) is 4.79 Å². The quantitative estimate of drug-likeness (QED) is 0.615. The molecule has 0 rings (SSSR count). The maximum atomic E-state index is 11.4. The van der Waals surface area contributed by atoms with E-state index in [-0.39, 0.29) is 6.04 Å². The summed E-state index contributed by atoms with van der Waals surface area (Å²) in [5.41, 5.74) is 11.3. The van der Waals surface area contributed by atoms with Gasteiger partial charge in [0.25, 0.3) is 0 Å². The lowest BCUT2D eigenvalue weighted by atomic mass is 10.00. The number of ketones is 1. The van der Waals surface area contributed by atoms with Crippen LogP contribution in [0.2, 0.25) is 0 Å². The molecule has 0 heterocycles. The van der Waals surface area contributed by atoms with Crippen LogP contribution in [0.1, 0.15) is 52.4 Å². The molecule has 0 fully saturated rings. The Balaban J connectivity index is 3.40. The molecule has 15 heavy (non-hydrogen) atoms. The summed E-state index contributed by atoms with van der Waals surface area (Å²) < 4.78 is 0. The average Bonchev–Trinajstić information content (AvgIpc) is 2.13. The Hall–Kier alpha value is -0.410. The Morgan fingerprint density at radius 2 is 1.80 bits per heavy atom. The highest BCUT2D eigenvalue weighted by atomic mass is 16.1. The highest BCUT2D eigenvalue weighted by Crippen LogP contribution is 2.08. The third-order valence-corrected chi connectivity index (χ3v) is 2.45. The SMILES string of the molecule is CC(C)CC(=O)CCCC(N)CCCN. The number of carbonyl (C=O) groups is 1. The summed E-state index contributed by atoms with van der Waals surface area (Å²) in [6.45, 7) is 4.86. The van der Waals surface area contributed by atoms with Gasteiger partial charge < -0.3 is 11.5 Å². The first-order chi connectivity index (χ1) is 7.06. The van der Waals surface area contributed by atoms with Crippen LogP contribution >= 0.6 is 0 Å². The van der Waals surface area contributed by atoms with Crippen molar-refractivity contribution in [3.63, 3.8) is 0 Å². The summed E-state index contributed by atoms with van der Waals surface area (Å²) in [5.74, 6) is 0.847. The van der Waals surface area contributed by atoms with Crippen LogP contribution < -0.4 is 11.5 Å². The molecule has 0 aliphatic carbocycles. The first-order valence-electron chi connectivity index (χ1n) is 6.03. The minimum atomic E-state index is 0.223. The van der Waals surface area contributed by atoms with Crippen LogP contribution in [-0.2, 0) is 4.79 Å². The second kappa shape index (κ2) is 8.86. The number of hydrogen-bond acceptors (Lipinski definition) is 3. The standard InChI is InChI=1S/C12H26N2O/c1-10(2)9-12(15)7-3-5-11(14)6-4-8-13/h10-11H,3-9,13-14H2,1-2H3. The molecule has 0 aliphatic rings. The molecule has 0 aromatic carbocycles. The minimum absolute atomic E-state index is 0.223. The molecule has 0 aromatic heterocycles. The van der Waals surface area contributed by atoms with Gasteiger partial charge in [0.2, 0.25) is 0 Å². The first-order valence-corrected chi connectivity index (χ1v) is 6.03. The zero-order valence-corrected chi connectivity index (χ0v) is 10.2. The van der Waals surface area contributed by atoms with Crippen LogP contribution in [0.25, 0.3) is 0 Å². The first kappa shape index (κ1) is 14.6. The van der Waals surface area contributed by atoms with E-state index in [0.29, 0.717) is 31.1 Å². The topological polar surface area (TPSA) is 69.1 Å². The molecule has 3 heteroatoms. The summed E-state index contributed by atoms with van der Waals surface area (Å²) in [6.07, 6.45) is 5.24. The molecule has 0 aromatic rings. The molecule has 1 atom stereocenters. The van der Waals surface area contributed by atoms with Gasteiger partial charge in [0.05, 0.1) is 0 Å². The Morgan fingerprint density at radius 1 is 1.20 bits per heavy atom. The van der Waals surface area contributed by atoms with E-state index in [2.05, 4.69) is 13.8 Å². The fourth-order valence-electron chi connectivity index (χ4n) is 1.64. The summed E-state index contributed by atoms with van der Waals surface area (Å²) in [7, 11) is 0. The van der Waals surface area contributed by atoms with Crippen molar-refractivity contribution in [2.45, 2.75) is 58.4 Å². The highest BCUT2D eigenvalue weighted by molar-refractivity contribution is 5.78. The number of rotatable bonds is 9. The molecule has 0 aliphatic heterocycles. The predicted octanol–water partition coefficient (Wildman–Crippen LogP) is 1.84. The van der Waals surface area contributed by atoms with E-state index in [1.165, 1.54) is 0 Å². The smallest absolute Gasteiger partial charge is 0.133 e. The van der Waals surface area contributed by atoms with Crippen molar-refractivity contribution >= 4 is 5.78 Å². The molecule has 4 N–H and O–H groups in total. The van der Waals surface area contributed by atoms with Crippen molar-refractivity contribution in [1.82, 2.24) is 0 Å². The van der Waals surface area contributed by atoms with Gasteiger partial charge in [0.15, 0.2) is 0 Å². The second-order valence-electron chi connectivity index (χ2n) is 4.72. The molecule has 0 bridgehead atoms. The fourth-order valence-corrected chi connectivity index (χ4v) is 1.64. The molecule has 0 saturated heterocycles. The van der Waals surface area contributed by atoms with Gasteiger partial charge in [-0.25, -0.2) is 0 Å². The number of carbonyl (C=O) groups excluding carboxylic acids is 1. The molecule has 0 radical (unpaired) electrons. The van der Waals surface area contributed by atoms with Crippen LogP contribution in [0.3, 0.4) is 0 Å². The third-order valence-electron chi connectivity index (χ3n) is 2.45. The lowest BCUT2D eigenvalue weighted by Gasteiger charge is -2.10. The Labute approximate surface area is 93.6 Å². The van der Waals surface area contributed by atoms with Crippen LogP contribution in [0, 0.1) is 5.92 Å². The Kier molecular flexibility index (Phi) is 8.62. The molecule has 3 nitrogen and oxygen atoms in total. The van der Waals surface area contributed by atoms with E-state index >= 15 is 0 Å². The van der Waals surface area contributed by atoms with Crippen molar-refractivity contribution in [3.8, 4) is 0 Å². The zero-order chi connectivity index (χ0) is 11.7. The van der Waals surface area contributed by atoms with Gasteiger partial charge in [0, 0.05) is 18.9 Å². The van der Waals surface area contributed by atoms with Gasteiger partial charge in [-0.2, -0.15) is 0 Å². The van der Waals surface area contributed by atoms with Crippen molar-refractivity contribution in [3.05, 3.63) is 0 Å². The maximum absolute atomic E-state index is 11.4. The van der Waals surface area contributed by atoms with Gasteiger partial charge in [-0.3, -0.25) is 4.79 Å². The maximum Gasteiger partial charge on any atom is 0.133 e. The van der Waals surface area contributed by atoms with Gasteiger partial charge in [0.1, 0.15) is 5.78 Å². The zero-order valence-electron chi connectivity index (χ0n) is 10.2. The molecule has 0 amide bonds. The van der Waals surface area contributed by atoms with Gasteiger partial charge in [-0.15, -0.1) is 0 Å². The van der Waals surface area contributed by atoms with Crippen LogP contribution in [-0.4, -0.2) is 18.4 Å². The van der Waals surface area contributed by atoms with Crippen LogP contribution in [0.15, 0.2) is 0 Å². The summed E-state index contributed by atoms with van der Waals surface area (Å²) in [6, 6.07) is 0.223. The van der Waals surface area contributed by atoms with Crippen molar-refractivity contribution in [1.29, 1.82) is 0 Å². The fraction of sp³-hybridized carbons (Fsp3) is 0.917. The van der Waals surface area contributed by atoms with Crippen molar-refractivity contribution < 1.29 is 4.79 Å². The average molecular weight is 214 g/mol. The monoisotopic (exact) mass is 214 g/mol. The molecular formula is C12H26N2O. The molecule has 1 unspecified atom stereocenters. The van der Waals surface area contributed by atoms with Gasteiger partial charge >= 0.3 is 0 Å². The van der Waals surface area contributed by atoms with Crippen molar-refractivity contribution in [2.24, 2.45) is 17.4 Å². The van der Waals surface area contributed by atoms with E-state index in [1.807, 2.05) is 0 Å². The van der Waals surface area contributed by atoms with Crippen molar-refractivity contribution in [2.75, 3.05) is 6.54 Å². The lowest BCUT2D eigenvalue weighted by molar-refractivity contribution is -0.119. The number of hydrogen-bond donors (Lipinski definition) is 2. The van der Waals surface area contributed by atoms with E-state index in [1.54, 1.807) is 0 Å². The minimum Gasteiger partial charge on any atom is -0.330 e. The number of Topliss-reactive ketones (excluding diaryl/α,β-unsaturated/α-hetero) is 1. The molecular weight excluding hydrogens is 188 g/mol. The van der Waals surface area contributed by atoms with Gasteiger partial charge in [-0.05, 0) is 38.1 Å². The second-order valence-corrected chi connectivity index (χ2v) is 4.72. The normalized spacial score (nSPS) is 13.1. The van der Waals surface area contributed by atoms with Crippen LogP contribution in [0.4, 0.5) is 0 Å². The Morgan fingerprint density at radius 3 is 2.33 bits per heavy atom. The van der Waals surface area contributed by atoms with E-state index in [0.717, 1.165) is 25.7 Å². The Bertz CT molecular complexity index is 169. The summed E-state index contributed by atoms with van der Waals surface area (Å²) >= 11 is 0. The molecule has 90 valence electrons. The molecule has 0 saturated carbocycles. The third kappa shape index (κ3) is 9.88. The number of nitrogens with two attached hydrogens (primary N) is 2. The summed E-state index contributed by atoms with van der Waals surface area (Å²) in [5, 5.41) is 0. The molecule has 0 spiro atoms. The predicted molar refractivity (Wildman–Crippen MR) is 64.6 cm³/mol. The lowest BCUT2D eigenvalue weighted by Crippen LogP contribution is -2.21. The van der Waals surface area contributed by atoms with E-state index in [4.69, 9.17) is 11.5 Å². The van der Waals surface area contributed by atoms with E-state index < -0.39 is 0 Å². The van der Waals surface area contributed by atoms with Crippen LogP contribution in [0.5, 0.6) is 0 Å².